The number of hydrogen-bond donors (Lipinski definition) is 2. The summed E-state index contributed by atoms with van der Waals surface area (Å²) in [6, 6.07) is 13.4. The van der Waals surface area contributed by atoms with Crippen molar-refractivity contribution < 1.29 is 9.47 Å². The van der Waals surface area contributed by atoms with Crippen molar-refractivity contribution in [3.05, 3.63) is 53.1 Å². The number of benzene rings is 2. The third kappa shape index (κ3) is 5.58. The molecule has 0 unspecified atom stereocenters. The Morgan fingerprint density at radius 1 is 1.08 bits per heavy atom. The van der Waals surface area contributed by atoms with E-state index in [1.54, 1.807) is 14.2 Å². The third-order valence-electron chi connectivity index (χ3n) is 3.46. The molecule has 0 atom stereocenters. The Morgan fingerprint density at radius 2 is 1.88 bits per heavy atom. The van der Waals surface area contributed by atoms with Gasteiger partial charge in [0.15, 0.2) is 16.6 Å². The number of aryl methyl sites for hydroxylation is 1. The van der Waals surface area contributed by atoms with Crippen LogP contribution in [0.25, 0.3) is 0 Å². The molecule has 2 aromatic rings. The van der Waals surface area contributed by atoms with E-state index in [-0.39, 0.29) is 0 Å². The van der Waals surface area contributed by atoms with Crippen molar-refractivity contribution >= 4 is 34.6 Å². The molecular formula is C18H21ClN2O2S. The highest BCUT2D eigenvalue weighted by molar-refractivity contribution is 7.80. The first-order valence-corrected chi connectivity index (χ1v) is 8.42. The zero-order valence-corrected chi connectivity index (χ0v) is 15.3. The molecule has 0 radical (unpaired) electrons. The van der Waals surface area contributed by atoms with Gasteiger partial charge in [0.25, 0.3) is 0 Å². The summed E-state index contributed by atoms with van der Waals surface area (Å²) in [7, 11) is 3.28. The molecule has 0 aliphatic rings. The molecule has 0 aromatic heterocycles. The molecule has 0 heterocycles. The summed E-state index contributed by atoms with van der Waals surface area (Å²) in [5.41, 5.74) is 2.07. The van der Waals surface area contributed by atoms with Gasteiger partial charge in [0.1, 0.15) is 0 Å². The topological polar surface area (TPSA) is 42.5 Å². The molecule has 0 amide bonds. The smallest absolute Gasteiger partial charge is 0.170 e. The maximum atomic E-state index is 5.95. The van der Waals surface area contributed by atoms with Crippen LogP contribution in [0.2, 0.25) is 5.02 Å². The summed E-state index contributed by atoms with van der Waals surface area (Å²) in [4.78, 5) is 0. The fraction of sp³-hybridized carbons (Fsp3) is 0.278. The van der Waals surface area contributed by atoms with Gasteiger partial charge in [0.2, 0.25) is 0 Å². The fourth-order valence-electron chi connectivity index (χ4n) is 2.27. The van der Waals surface area contributed by atoms with Gasteiger partial charge in [0, 0.05) is 17.3 Å². The summed E-state index contributed by atoms with van der Waals surface area (Å²) in [5.74, 6) is 1.49. The lowest BCUT2D eigenvalue weighted by Gasteiger charge is -2.12. The van der Waals surface area contributed by atoms with Gasteiger partial charge < -0.3 is 20.1 Å². The van der Waals surface area contributed by atoms with Gasteiger partial charge in [0.05, 0.1) is 14.2 Å². The van der Waals surface area contributed by atoms with Crippen molar-refractivity contribution in [1.29, 1.82) is 0 Å². The maximum Gasteiger partial charge on any atom is 0.170 e. The molecule has 0 aliphatic heterocycles. The number of methoxy groups -OCH3 is 2. The van der Waals surface area contributed by atoms with Crippen LogP contribution in [-0.4, -0.2) is 25.9 Å². The number of ether oxygens (including phenoxy) is 2. The van der Waals surface area contributed by atoms with E-state index in [1.165, 1.54) is 5.56 Å². The number of anilines is 1. The molecule has 2 aromatic carbocycles. The van der Waals surface area contributed by atoms with Crippen molar-refractivity contribution in [2.24, 2.45) is 0 Å². The first-order chi connectivity index (χ1) is 11.6. The largest absolute Gasteiger partial charge is 0.493 e. The van der Waals surface area contributed by atoms with Crippen LogP contribution in [0.4, 0.5) is 5.69 Å². The summed E-state index contributed by atoms with van der Waals surface area (Å²) in [5, 5.41) is 7.57. The Morgan fingerprint density at radius 3 is 2.58 bits per heavy atom. The van der Waals surface area contributed by atoms with E-state index in [9.17, 15) is 0 Å². The standard InChI is InChI=1S/C18H21ClN2O2S/c1-22-16-9-8-13(11-17(16)23-2)5-4-10-20-18(24)21-15-7-3-6-14(19)12-15/h3,6-9,11-12H,4-5,10H2,1-2H3,(H2,20,21,24). The molecule has 0 fully saturated rings. The molecule has 2 rings (SSSR count). The van der Waals surface area contributed by atoms with Gasteiger partial charge in [-0.3, -0.25) is 0 Å². The first kappa shape index (κ1) is 18.4. The van der Waals surface area contributed by atoms with Crippen LogP contribution in [0.15, 0.2) is 42.5 Å². The average Bonchev–Trinajstić information content (AvgIpc) is 2.58. The number of nitrogens with one attached hydrogen (secondary N) is 2. The molecule has 128 valence electrons. The Hall–Kier alpha value is -1.98. The highest BCUT2D eigenvalue weighted by atomic mass is 35.5. The van der Waals surface area contributed by atoms with Crippen molar-refractivity contribution in [2.75, 3.05) is 26.1 Å². The molecule has 0 bridgehead atoms. The zero-order valence-electron chi connectivity index (χ0n) is 13.8. The van der Waals surface area contributed by atoms with Crippen LogP contribution in [0.1, 0.15) is 12.0 Å². The molecule has 4 nitrogen and oxygen atoms in total. The van der Waals surface area contributed by atoms with Crippen LogP contribution < -0.4 is 20.1 Å². The van der Waals surface area contributed by atoms with Crippen LogP contribution in [-0.2, 0) is 6.42 Å². The van der Waals surface area contributed by atoms with Gasteiger partial charge in [-0.1, -0.05) is 23.7 Å². The second-order valence-corrected chi connectivity index (χ2v) is 6.03. The van der Waals surface area contributed by atoms with Crippen molar-refractivity contribution in [3.63, 3.8) is 0 Å². The van der Waals surface area contributed by atoms with Gasteiger partial charge in [-0.2, -0.15) is 0 Å². The molecular weight excluding hydrogens is 344 g/mol. The lowest BCUT2D eigenvalue weighted by Crippen LogP contribution is -2.29. The molecule has 0 saturated heterocycles. The van der Waals surface area contributed by atoms with Crippen LogP contribution in [0.5, 0.6) is 11.5 Å². The quantitative estimate of drug-likeness (QED) is 0.567. The number of thiocarbonyl (C=S) groups is 1. The SMILES string of the molecule is COc1ccc(CCCNC(=S)Nc2cccc(Cl)c2)cc1OC. The zero-order chi connectivity index (χ0) is 17.4. The minimum Gasteiger partial charge on any atom is -0.493 e. The van der Waals surface area contributed by atoms with E-state index >= 15 is 0 Å². The molecule has 2 N–H and O–H groups in total. The summed E-state index contributed by atoms with van der Waals surface area (Å²) >= 11 is 11.2. The Labute approximate surface area is 153 Å². The molecule has 0 aliphatic carbocycles. The van der Waals surface area contributed by atoms with Crippen LogP contribution in [0.3, 0.4) is 0 Å². The van der Waals surface area contributed by atoms with E-state index in [2.05, 4.69) is 10.6 Å². The van der Waals surface area contributed by atoms with Gasteiger partial charge in [-0.05, 0) is 61.0 Å². The maximum absolute atomic E-state index is 5.95. The van der Waals surface area contributed by atoms with Gasteiger partial charge in [-0.15, -0.1) is 0 Å². The summed E-state index contributed by atoms with van der Waals surface area (Å²) in [6.07, 6.45) is 1.87. The number of hydrogen-bond acceptors (Lipinski definition) is 3. The fourth-order valence-corrected chi connectivity index (χ4v) is 2.68. The number of rotatable bonds is 7. The lowest BCUT2D eigenvalue weighted by molar-refractivity contribution is 0.354. The second-order valence-electron chi connectivity index (χ2n) is 5.18. The van der Waals surface area contributed by atoms with Gasteiger partial charge in [-0.25, -0.2) is 0 Å². The van der Waals surface area contributed by atoms with E-state index in [1.807, 2.05) is 42.5 Å². The molecule has 6 heteroatoms. The van der Waals surface area contributed by atoms with Crippen LogP contribution >= 0.6 is 23.8 Å². The van der Waals surface area contributed by atoms with E-state index in [4.69, 9.17) is 33.3 Å². The first-order valence-electron chi connectivity index (χ1n) is 7.63. The minimum atomic E-state index is 0.588. The minimum absolute atomic E-state index is 0.588. The predicted molar refractivity (Wildman–Crippen MR) is 104 cm³/mol. The summed E-state index contributed by atoms with van der Waals surface area (Å²) < 4.78 is 10.6. The normalized spacial score (nSPS) is 10.1. The second kappa shape index (κ2) is 9.35. The average molecular weight is 365 g/mol. The molecule has 0 spiro atoms. The lowest BCUT2D eigenvalue weighted by atomic mass is 10.1. The molecule has 24 heavy (non-hydrogen) atoms. The van der Waals surface area contributed by atoms with Gasteiger partial charge >= 0.3 is 0 Å². The highest BCUT2D eigenvalue weighted by Crippen LogP contribution is 2.27. The van der Waals surface area contributed by atoms with Crippen molar-refractivity contribution in [3.8, 4) is 11.5 Å². The Balaban J connectivity index is 1.75. The third-order valence-corrected chi connectivity index (χ3v) is 3.94. The Kier molecular flexibility index (Phi) is 7.15. The molecule has 0 saturated carbocycles. The van der Waals surface area contributed by atoms with E-state index in [0.29, 0.717) is 10.1 Å². The highest BCUT2D eigenvalue weighted by Gasteiger charge is 2.04. The van der Waals surface area contributed by atoms with E-state index < -0.39 is 0 Å². The Bertz CT molecular complexity index is 694. The number of halogens is 1. The summed E-state index contributed by atoms with van der Waals surface area (Å²) in [6.45, 7) is 0.779. The monoisotopic (exact) mass is 364 g/mol. The predicted octanol–water partition coefficient (Wildman–Crippen LogP) is 4.28. The van der Waals surface area contributed by atoms with E-state index in [0.717, 1.165) is 36.6 Å². The van der Waals surface area contributed by atoms with Crippen LogP contribution in [0, 0.1) is 0 Å². The van der Waals surface area contributed by atoms with Crippen molar-refractivity contribution in [1.82, 2.24) is 5.32 Å². The van der Waals surface area contributed by atoms with Crippen molar-refractivity contribution in [2.45, 2.75) is 12.8 Å².